The minimum atomic E-state index is -2.88. The van der Waals surface area contributed by atoms with E-state index in [0.29, 0.717) is 52.5 Å². The molecule has 37 heavy (non-hydrogen) atoms. The quantitative estimate of drug-likeness (QED) is 0.275. The summed E-state index contributed by atoms with van der Waals surface area (Å²) in [5.74, 6) is 2.03. The zero-order valence-corrected chi connectivity index (χ0v) is 21.3. The van der Waals surface area contributed by atoms with E-state index in [0.717, 1.165) is 0 Å². The molecule has 0 spiro atoms. The molecule has 0 saturated heterocycles. The lowest BCUT2D eigenvalue weighted by molar-refractivity contribution is 0.0684. The second-order valence-corrected chi connectivity index (χ2v) is 9.82. The fourth-order valence-corrected chi connectivity index (χ4v) is 5.30. The number of benzene rings is 1. The summed E-state index contributed by atoms with van der Waals surface area (Å²) in [6, 6.07) is 10.7. The van der Waals surface area contributed by atoms with Gasteiger partial charge < -0.3 is 24.6 Å². The molecule has 0 atom stereocenters. The predicted molar refractivity (Wildman–Crippen MR) is 136 cm³/mol. The van der Waals surface area contributed by atoms with Crippen LogP contribution in [-0.4, -0.2) is 69.8 Å². The number of hydrogen-bond acceptors (Lipinski definition) is 11. The van der Waals surface area contributed by atoms with Gasteiger partial charge in [-0.2, -0.15) is 0 Å². The first-order valence-electron chi connectivity index (χ1n) is 11.6. The zero-order chi connectivity index (χ0) is 26.2. The Balaban J connectivity index is 1.74. The van der Waals surface area contributed by atoms with Crippen molar-refractivity contribution in [2.24, 2.45) is 0 Å². The second kappa shape index (κ2) is 9.82. The summed E-state index contributed by atoms with van der Waals surface area (Å²) < 4.78 is 42.6. The van der Waals surface area contributed by atoms with Gasteiger partial charge in [0.05, 0.1) is 33.1 Å². The van der Waals surface area contributed by atoms with E-state index in [2.05, 4.69) is 20.3 Å². The molecule has 13 heteroatoms. The molecule has 2 N–H and O–H groups in total. The number of thiol groups is 1. The van der Waals surface area contributed by atoms with E-state index in [1.165, 1.54) is 6.20 Å². The molecule has 4 aromatic rings. The summed E-state index contributed by atoms with van der Waals surface area (Å²) in [7, 11) is 0.200. The van der Waals surface area contributed by atoms with E-state index in [9.17, 15) is 13.5 Å². The first kappa shape index (κ1) is 24.7. The Morgan fingerprint density at radius 3 is 2.41 bits per heavy atom. The molecule has 1 aliphatic rings. The van der Waals surface area contributed by atoms with Crippen molar-refractivity contribution >= 4 is 27.8 Å². The number of aliphatic hydroxyl groups excluding tert-OH is 1. The van der Waals surface area contributed by atoms with Gasteiger partial charge in [-0.1, -0.05) is 12.1 Å². The third-order valence-corrected chi connectivity index (χ3v) is 7.27. The van der Waals surface area contributed by atoms with Crippen LogP contribution in [0, 0.1) is 0 Å². The Labute approximate surface area is 214 Å². The number of pyridine rings is 1. The highest BCUT2D eigenvalue weighted by Gasteiger charge is 2.47. The van der Waals surface area contributed by atoms with E-state index >= 15 is 0 Å². The summed E-state index contributed by atoms with van der Waals surface area (Å²) in [5, 5.41) is 12.7. The number of nitrogens with zero attached hydrogens (tertiary/aromatic N) is 5. The highest BCUT2D eigenvalue weighted by atomic mass is 32.2. The van der Waals surface area contributed by atoms with E-state index in [1.807, 2.05) is 6.92 Å². The smallest absolute Gasteiger partial charge is 0.213 e. The van der Waals surface area contributed by atoms with Crippen LogP contribution in [-0.2, 0) is 10.7 Å². The van der Waals surface area contributed by atoms with Crippen molar-refractivity contribution < 1.29 is 27.7 Å². The first-order chi connectivity index (χ1) is 17.9. The van der Waals surface area contributed by atoms with Crippen molar-refractivity contribution in [2.45, 2.75) is 30.7 Å². The number of imidazole rings is 1. The lowest BCUT2D eigenvalue weighted by Gasteiger charge is -2.41. The number of aliphatic hydroxyl groups is 1. The Hall–Kier alpha value is -3.97. The van der Waals surface area contributed by atoms with E-state index in [4.69, 9.17) is 19.2 Å². The summed E-state index contributed by atoms with van der Waals surface area (Å²) in [5.41, 5.74) is 1.63. The van der Waals surface area contributed by atoms with Crippen molar-refractivity contribution in [3.63, 3.8) is 0 Å². The zero-order valence-electron chi connectivity index (χ0n) is 20.4. The molecule has 0 amide bonds. The Morgan fingerprint density at radius 1 is 1.08 bits per heavy atom. The van der Waals surface area contributed by atoms with Gasteiger partial charge in [-0.15, -0.1) is 0 Å². The van der Waals surface area contributed by atoms with Gasteiger partial charge in [-0.25, -0.2) is 28.4 Å². The molecule has 5 rings (SSSR count). The van der Waals surface area contributed by atoms with E-state index < -0.39 is 21.7 Å². The Morgan fingerprint density at radius 2 is 1.78 bits per heavy atom. The molecule has 1 saturated carbocycles. The maximum absolute atomic E-state index is 12.0. The second-order valence-electron chi connectivity index (χ2n) is 8.45. The lowest BCUT2D eigenvalue weighted by atomic mass is 9.88. The van der Waals surface area contributed by atoms with Gasteiger partial charge in [0.15, 0.2) is 27.8 Å². The van der Waals surface area contributed by atoms with Gasteiger partial charge in [0.1, 0.15) is 33.6 Å². The highest BCUT2D eigenvalue weighted by molar-refractivity contribution is 7.74. The summed E-state index contributed by atoms with van der Waals surface area (Å²) in [6.07, 6.45) is 0.836. The number of methoxy groups -OCH3 is 2. The van der Waals surface area contributed by atoms with Crippen LogP contribution in [0.1, 0.15) is 19.8 Å². The number of para-hydroxylation sites is 1. The number of nitrogens with one attached hydrogen (secondary N) is 1. The van der Waals surface area contributed by atoms with Gasteiger partial charge in [-0.3, -0.25) is 4.57 Å². The van der Waals surface area contributed by atoms with Crippen molar-refractivity contribution in [3.8, 4) is 34.6 Å². The Bertz CT molecular complexity index is 1500. The van der Waals surface area contributed by atoms with Crippen LogP contribution in [0.15, 0.2) is 42.6 Å². The molecule has 194 valence electrons. The number of anilines is 1. The van der Waals surface area contributed by atoms with Crippen LogP contribution in [0.2, 0.25) is 0 Å². The number of ether oxygens (including phenoxy) is 3. The van der Waals surface area contributed by atoms with Crippen LogP contribution >= 0.6 is 0 Å². The molecule has 3 aromatic heterocycles. The third kappa shape index (κ3) is 4.40. The maximum atomic E-state index is 12.0. The van der Waals surface area contributed by atoms with Crippen LogP contribution in [0.4, 0.5) is 5.82 Å². The van der Waals surface area contributed by atoms with Crippen LogP contribution < -0.4 is 19.5 Å². The molecule has 0 bridgehead atoms. The van der Waals surface area contributed by atoms with Crippen LogP contribution in [0.5, 0.6) is 17.4 Å². The molecule has 1 aromatic carbocycles. The number of aromatic nitrogens is 5. The van der Waals surface area contributed by atoms with Gasteiger partial charge in [0, 0.05) is 18.9 Å². The molecule has 0 aliphatic heterocycles. The van der Waals surface area contributed by atoms with Crippen LogP contribution in [0.3, 0.4) is 0 Å². The monoisotopic (exact) mass is 526 g/mol. The average Bonchev–Trinajstić information content (AvgIpc) is 3.25. The minimum Gasteiger partial charge on any atom is -0.494 e. The predicted octanol–water partition coefficient (Wildman–Crippen LogP) is 2.17. The summed E-state index contributed by atoms with van der Waals surface area (Å²) in [6.45, 7) is 2.32. The van der Waals surface area contributed by atoms with Crippen molar-refractivity contribution in [2.75, 3.05) is 26.1 Å². The normalized spacial score (nSPS) is 19.0. The van der Waals surface area contributed by atoms with Crippen molar-refractivity contribution in [1.82, 2.24) is 24.5 Å². The van der Waals surface area contributed by atoms with Gasteiger partial charge in [0.2, 0.25) is 5.88 Å². The van der Waals surface area contributed by atoms with Gasteiger partial charge in [0.25, 0.3) is 0 Å². The summed E-state index contributed by atoms with van der Waals surface area (Å²) >= 11 is 0. The standard InChI is InChI=1S/C24H26N6O6S/c1-4-36-19-10-5-7-15(26-19)22-28-21-23(30(22)20-16(34-2)8-6-9-17(20)35-3)27-18(13-25-21)29-24(37(32)33)11-14(31)12-24/h5-10,13-14,31,37H,4,11-12H2,1-3H3,(H,27,29)/t14-,24-. The first-order valence-corrected chi connectivity index (χ1v) is 12.7. The topological polar surface area (TPSA) is 151 Å². The molecule has 1 fully saturated rings. The molecular formula is C24H26N6O6S. The third-order valence-electron chi connectivity index (χ3n) is 6.10. The lowest BCUT2D eigenvalue weighted by Crippen LogP contribution is -2.54. The number of hydrogen-bond donors (Lipinski definition) is 3. The van der Waals surface area contributed by atoms with Crippen LogP contribution in [0.25, 0.3) is 28.5 Å². The number of rotatable bonds is 9. The molecule has 0 unspecified atom stereocenters. The molecule has 3 heterocycles. The SMILES string of the molecule is CCOc1cccc(-c2nc3ncc(N[C@]4([SH](=O)=O)C[C@H](O)C4)nc3n2-c2c(OC)cccc2OC)n1. The average molecular weight is 527 g/mol. The molecule has 1 aliphatic carbocycles. The van der Waals surface area contributed by atoms with E-state index in [1.54, 1.807) is 55.2 Å². The minimum absolute atomic E-state index is 0.0599. The van der Waals surface area contributed by atoms with Gasteiger partial charge >= 0.3 is 0 Å². The molecular weight excluding hydrogens is 500 g/mol. The van der Waals surface area contributed by atoms with Gasteiger partial charge in [-0.05, 0) is 25.1 Å². The number of fused-ring (bicyclic) bond motifs is 1. The van der Waals surface area contributed by atoms with Crippen molar-refractivity contribution in [3.05, 3.63) is 42.6 Å². The Kier molecular flexibility index (Phi) is 6.56. The largest absolute Gasteiger partial charge is 0.494 e. The highest BCUT2D eigenvalue weighted by Crippen LogP contribution is 2.39. The molecule has 12 nitrogen and oxygen atoms in total. The maximum Gasteiger partial charge on any atom is 0.213 e. The summed E-state index contributed by atoms with van der Waals surface area (Å²) in [4.78, 5) is 17.1. The fourth-order valence-electron chi connectivity index (χ4n) is 4.37. The van der Waals surface area contributed by atoms with E-state index in [-0.39, 0.29) is 18.7 Å². The molecule has 0 radical (unpaired) electrons. The van der Waals surface area contributed by atoms with Crippen molar-refractivity contribution in [1.29, 1.82) is 0 Å². The fraction of sp³-hybridized carbons (Fsp3) is 0.333.